The minimum Gasteiger partial charge on any atom is -0.480 e. The summed E-state index contributed by atoms with van der Waals surface area (Å²) in [5, 5.41) is 14.1. The number of carboxylic acid groups (broad SMARTS) is 1. The molecule has 0 aromatic carbocycles. The van der Waals surface area contributed by atoms with Gasteiger partial charge in [-0.15, -0.1) is 0 Å². The average Bonchev–Trinajstić information content (AvgIpc) is 3.26. The van der Waals surface area contributed by atoms with Crippen LogP contribution in [0.5, 0.6) is 0 Å². The molecule has 5 atom stereocenters. The fourth-order valence-corrected chi connectivity index (χ4v) is 2.36. The lowest BCUT2D eigenvalue weighted by Crippen LogP contribution is -2.50. The lowest BCUT2D eigenvalue weighted by atomic mass is 9.85. The third-order valence-electron chi connectivity index (χ3n) is 4.42. The van der Waals surface area contributed by atoms with E-state index in [1.54, 1.807) is 20.8 Å². The number of nitrogens with one attached hydrogen (secondary N) is 2. The predicted octanol–water partition coefficient (Wildman–Crippen LogP) is -0.143. The van der Waals surface area contributed by atoms with Crippen molar-refractivity contribution in [1.82, 2.24) is 10.6 Å². The van der Waals surface area contributed by atoms with Crippen molar-refractivity contribution in [3.05, 3.63) is 0 Å². The van der Waals surface area contributed by atoms with Crippen molar-refractivity contribution in [2.75, 3.05) is 0 Å². The average molecular weight is 343 g/mol. The van der Waals surface area contributed by atoms with Gasteiger partial charge in [0, 0.05) is 0 Å². The third kappa shape index (κ3) is 4.67. The first kappa shape index (κ1) is 20.4. The molecule has 1 rings (SSSR count). The van der Waals surface area contributed by atoms with Crippen molar-refractivity contribution < 1.29 is 24.2 Å². The number of ether oxygens (including phenoxy) is 1. The van der Waals surface area contributed by atoms with Gasteiger partial charge in [-0.25, -0.2) is 0 Å². The lowest BCUT2D eigenvalue weighted by molar-refractivity contribution is -0.143. The molecule has 138 valence electrons. The third-order valence-corrected chi connectivity index (χ3v) is 4.42. The van der Waals surface area contributed by atoms with E-state index in [4.69, 9.17) is 15.6 Å². The molecule has 0 aromatic heterocycles. The van der Waals surface area contributed by atoms with Crippen molar-refractivity contribution in [2.24, 2.45) is 17.1 Å². The van der Waals surface area contributed by atoms with Crippen LogP contribution in [0.25, 0.3) is 0 Å². The molecule has 0 unspecified atom stereocenters. The van der Waals surface area contributed by atoms with E-state index in [1.807, 2.05) is 13.8 Å². The fourth-order valence-electron chi connectivity index (χ4n) is 2.36. The largest absolute Gasteiger partial charge is 0.480 e. The molecule has 1 fully saturated rings. The second-order valence-electron chi connectivity index (χ2n) is 7.34. The Balaban J connectivity index is 2.60. The Hall–Kier alpha value is -1.67. The van der Waals surface area contributed by atoms with Gasteiger partial charge in [0.05, 0.1) is 17.5 Å². The van der Waals surface area contributed by atoms with Gasteiger partial charge < -0.3 is 26.2 Å². The van der Waals surface area contributed by atoms with E-state index < -0.39 is 35.5 Å². The SMILES string of the molecule is CC(C)[C@H](N)C(=O)N[C@@H](C)[C@H]1O[C@@H]1C(C)(C)C(=O)N[C@@H](C)C(=O)O. The molecular formula is C16H29N3O5. The molecule has 1 aliphatic heterocycles. The quantitative estimate of drug-likeness (QED) is 0.453. The molecule has 2 amide bonds. The van der Waals surface area contributed by atoms with Crippen molar-refractivity contribution in [3.8, 4) is 0 Å². The first-order chi connectivity index (χ1) is 10.9. The second-order valence-corrected chi connectivity index (χ2v) is 7.34. The summed E-state index contributed by atoms with van der Waals surface area (Å²) in [4.78, 5) is 35.1. The van der Waals surface area contributed by atoms with Crippen molar-refractivity contribution in [3.63, 3.8) is 0 Å². The summed E-state index contributed by atoms with van der Waals surface area (Å²) in [5.41, 5.74) is 4.90. The van der Waals surface area contributed by atoms with Gasteiger partial charge in [0.15, 0.2) is 0 Å². The molecule has 5 N–H and O–H groups in total. The molecule has 8 heteroatoms. The van der Waals surface area contributed by atoms with Gasteiger partial charge in [0.2, 0.25) is 11.8 Å². The van der Waals surface area contributed by atoms with Crippen LogP contribution in [0.3, 0.4) is 0 Å². The number of carbonyl (C=O) groups excluding carboxylic acids is 2. The maximum Gasteiger partial charge on any atom is 0.325 e. The Morgan fingerprint density at radius 3 is 2.12 bits per heavy atom. The highest BCUT2D eigenvalue weighted by atomic mass is 16.6. The highest BCUT2D eigenvalue weighted by Gasteiger charge is 2.56. The minimum absolute atomic E-state index is 0.0212. The first-order valence-electron chi connectivity index (χ1n) is 8.14. The molecule has 0 radical (unpaired) electrons. The van der Waals surface area contributed by atoms with Crippen LogP contribution in [0, 0.1) is 11.3 Å². The summed E-state index contributed by atoms with van der Waals surface area (Å²) in [6, 6.07) is -1.87. The molecule has 1 heterocycles. The Bertz CT molecular complexity index is 506. The summed E-state index contributed by atoms with van der Waals surface area (Å²) < 4.78 is 5.58. The highest BCUT2D eigenvalue weighted by molar-refractivity contribution is 5.87. The van der Waals surface area contributed by atoms with Crippen molar-refractivity contribution in [1.29, 1.82) is 0 Å². The van der Waals surface area contributed by atoms with Crippen molar-refractivity contribution >= 4 is 17.8 Å². The number of rotatable bonds is 8. The van der Waals surface area contributed by atoms with Gasteiger partial charge >= 0.3 is 5.97 Å². The topological polar surface area (TPSA) is 134 Å². The van der Waals surface area contributed by atoms with Crippen LogP contribution >= 0.6 is 0 Å². The normalized spacial score (nSPS) is 24.0. The predicted molar refractivity (Wildman–Crippen MR) is 88.1 cm³/mol. The van der Waals surface area contributed by atoms with Crippen molar-refractivity contribution in [2.45, 2.75) is 71.9 Å². The van der Waals surface area contributed by atoms with Crippen LogP contribution in [0.1, 0.15) is 41.5 Å². The molecule has 1 aliphatic rings. The summed E-state index contributed by atoms with van der Waals surface area (Å²) in [6.45, 7) is 10.3. The Kier molecular flexibility index (Phi) is 6.35. The maximum absolute atomic E-state index is 12.3. The molecule has 8 nitrogen and oxygen atoms in total. The van der Waals surface area contributed by atoms with E-state index >= 15 is 0 Å². The van der Waals surface area contributed by atoms with Crippen LogP contribution in [0.2, 0.25) is 0 Å². The van der Waals surface area contributed by atoms with Crippen LogP contribution in [-0.4, -0.2) is 53.2 Å². The number of hydrogen-bond donors (Lipinski definition) is 4. The molecule has 1 saturated heterocycles. The summed E-state index contributed by atoms with van der Waals surface area (Å²) >= 11 is 0. The number of carboxylic acids is 1. The van der Waals surface area contributed by atoms with Gasteiger partial charge in [-0.1, -0.05) is 13.8 Å². The Labute approximate surface area is 142 Å². The standard InChI is InChI=1S/C16H29N3O5/c1-7(2)10(17)13(20)18-8(3)11-12(24-11)16(5,6)15(23)19-9(4)14(21)22/h7-12H,17H2,1-6H3,(H,18,20)(H,19,23)(H,21,22)/t8-,9-,10-,11+,12-/m0/s1. The summed E-state index contributed by atoms with van der Waals surface area (Å²) in [7, 11) is 0. The van der Waals surface area contributed by atoms with E-state index in [1.165, 1.54) is 6.92 Å². The summed E-state index contributed by atoms with van der Waals surface area (Å²) in [5.74, 6) is -1.74. The Morgan fingerprint density at radius 2 is 1.67 bits per heavy atom. The highest BCUT2D eigenvalue weighted by Crippen LogP contribution is 2.40. The van der Waals surface area contributed by atoms with Gasteiger partial charge in [-0.2, -0.15) is 0 Å². The molecule has 0 aromatic rings. The van der Waals surface area contributed by atoms with E-state index in [-0.39, 0.29) is 24.0 Å². The van der Waals surface area contributed by atoms with Crippen LogP contribution < -0.4 is 16.4 Å². The second kappa shape index (κ2) is 7.48. The van der Waals surface area contributed by atoms with Crippen LogP contribution in [0.4, 0.5) is 0 Å². The molecule has 0 bridgehead atoms. The zero-order valence-corrected chi connectivity index (χ0v) is 15.1. The van der Waals surface area contributed by atoms with Gasteiger partial charge in [-0.05, 0) is 33.6 Å². The zero-order chi connectivity index (χ0) is 18.8. The number of amides is 2. The van der Waals surface area contributed by atoms with E-state index in [2.05, 4.69) is 10.6 Å². The first-order valence-corrected chi connectivity index (χ1v) is 8.14. The molecule has 0 saturated carbocycles. The molecule has 0 aliphatic carbocycles. The van der Waals surface area contributed by atoms with Gasteiger partial charge in [0.1, 0.15) is 18.2 Å². The zero-order valence-electron chi connectivity index (χ0n) is 15.1. The number of nitrogens with two attached hydrogens (primary N) is 1. The van der Waals surface area contributed by atoms with E-state index in [0.717, 1.165) is 0 Å². The number of aliphatic carboxylic acids is 1. The molecule has 24 heavy (non-hydrogen) atoms. The Morgan fingerprint density at radius 1 is 1.12 bits per heavy atom. The van der Waals surface area contributed by atoms with E-state index in [0.29, 0.717) is 0 Å². The summed E-state index contributed by atoms with van der Waals surface area (Å²) in [6.07, 6.45) is -0.710. The molecule has 0 spiro atoms. The fraction of sp³-hybridized carbons (Fsp3) is 0.812. The minimum atomic E-state index is -1.10. The number of epoxide rings is 1. The monoisotopic (exact) mass is 343 g/mol. The molecular weight excluding hydrogens is 314 g/mol. The van der Waals surface area contributed by atoms with Gasteiger partial charge in [0.25, 0.3) is 0 Å². The lowest BCUT2D eigenvalue weighted by Gasteiger charge is -2.24. The number of carbonyl (C=O) groups is 3. The number of hydrogen-bond acceptors (Lipinski definition) is 5. The van der Waals surface area contributed by atoms with Crippen LogP contribution in [-0.2, 0) is 19.1 Å². The van der Waals surface area contributed by atoms with Gasteiger partial charge in [-0.3, -0.25) is 14.4 Å². The smallest absolute Gasteiger partial charge is 0.325 e. The van der Waals surface area contributed by atoms with E-state index in [9.17, 15) is 14.4 Å². The van der Waals surface area contributed by atoms with Crippen LogP contribution in [0.15, 0.2) is 0 Å². The maximum atomic E-state index is 12.3.